The predicted octanol–water partition coefficient (Wildman–Crippen LogP) is 2.87. The predicted molar refractivity (Wildman–Crippen MR) is 86.1 cm³/mol. The van der Waals surface area contributed by atoms with Crippen molar-refractivity contribution in [1.29, 1.82) is 0 Å². The molecule has 0 bridgehead atoms. The van der Waals surface area contributed by atoms with Crippen molar-refractivity contribution < 1.29 is 13.5 Å². The Kier molecular flexibility index (Phi) is 5.82. The highest BCUT2D eigenvalue weighted by Gasteiger charge is 2.31. The summed E-state index contributed by atoms with van der Waals surface area (Å²) in [5.74, 6) is 0.759. The Labute approximate surface area is 131 Å². The number of sulfonamides is 1. The molecule has 1 N–H and O–H groups in total. The Morgan fingerprint density at radius 1 is 1.29 bits per heavy atom. The highest BCUT2D eigenvalue weighted by atomic mass is 32.2. The average Bonchev–Trinajstić information content (AvgIpc) is 2.96. The first-order valence-corrected chi connectivity index (χ1v) is 9.92. The summed E-state index contributed by atoms with van der Waals surface area (Å²) in [6.07, 6.45) is 5.89. The van der Waals surface area contributed by atoms with Crippen LogP contribution in [0.3, 0.4) is 0 Å². The Balaban J connectivity index is 2.07. The standard InChI is InChI=1S/C15H25NO3S2/c1-3-12-4-6-13(7-5-12)16(2)21(18,19)15-9-8-14(20-15)10-11-17/h8-9,12-13,17H,3-7,10-11H2,1-2H3. The van der Waals surface area contributed by atoms with Crippen molar-refractivity contribution >= 4 is 21.4 Å². The molecule has 120 valence electrons. The highest BCUT2D eigenvalue weighted by molar-refractivity contribution is 7.91. The van der Waals surface area contributed by atoms with E-state index in [4.69, 9.17) is 5.11 Å². The molecule has 1 fully saturated rings. The fraction of sp³-hybridized carbons (Fsp3) is 0.733. The minimum absolute atomic E-state index is 0.0525. The minimum Gasteiger partial charge on any atom is -0.396 e. The number of rotatable bonds is 6. The number of hydrogen-bond acceptors (Lipinski definition) is 4. The largest absolute Gasteiger partial charge is 0.396 e. The summed E-state index contributed by atoms with van der Waals surface area (Å²) >= 11 is 1.27. The molecule has 1 aromatic rings. The molecule has 21 heavy (non-hydrogen) atoms. The van der Waals surface area contributed by atoms with Gasteiger partial charge in [-0.2, -0.15) is 4.31 Å². The van der Waals surface area contributed by atoms with Crippen molar-refractivity contribution in [3.8, 4) is 0 Å². The van der Waals surface area contributed by atoms with E-state index in [9.17, 15) is 8.42 Å². The molecule has 0 atom stereocenters. The summed E-state index contributed by atoms with van der Waals surface area (Å²) in [6, 6.07) is 3.59. The van der Waals surface area contributed by atoms with E-state index in [1.807, 2.05) is 0 Å². The summed E-state index contributed by atoms with van der Waals surface area (Å²) in [7, 11) is -1.68. The van der Waals surface area contributed by atoms with Crippen LogP contribution in [0, 0.1) is 5.92 Å². The van der Waals surface area contributed by atoms with Crippen molar-refractivity contribution in [3.05, 3.63) is 17.0 Å². The molecule has 1 aromatic heterocycles. The van der Waals surface area contributed by atoms with Crippen LogP contribution < -0.4 is 0 Å². The van der Waals surface area contributed by atoms with Gasteiger partial charge >= 0.3 is 0 Å². The summed E-state index contributed by atoms with van der Waals surface area (Å²) in [4.78, 5) is 0.916. The molecule has 0 saturated heterocycles. The maximum absolute atomic E-state index is 12.7. The molecule has 0 aromatic carbocycles. The van der Waals surface area contributed by atoms with Gasteiger partial charge in [0.05, 0.1) is 0 Å². The quantitative estimate of drug-likeness (QED) is 0.872. The fourth-order valence-corrected chi connectivity index (χ4v) is 5.94. The van der Waals surface area contributed by atoms with Crippen molar-refractivity contribution in [2.75, 3.05) is 13.7 Å². The van der Waals surface area contributed by atoms with Gasteiger partial charge in [0.1, 0.15) is 4.21 Å². The zero-order valence-electron chi connectivity index (χ0n) is 12.8. The maximum Gasteiger partial charge on any atom is 0.252 e. The van der Waals surface area contributed by atoms with Gasteiger partial charge in [-0.25, -0.2) is 8.42 Å². The zero-order valence-corrected chi connectivity index (χ0v) is 14.4. The van der Waals surface area contributed by atoms with Crippen LogP contribution in [0.5, 0.6) is 0 Å². The van der Waals surface area contributed by atoms with Crippen LogP contribution in [0.1, 0.15) is 43.9 Å². The van der Waals surface area contributed by atoms with Crippen LogP contribution in [-0.4, -0.2) is 37.5 Å². The van der Waals surface area contributed by atoms with E-state index in [-0.39, 0.29) is 12.6 Å². The molecule has 0 unspecified atom stereocenters. The van der Waals surface area contributed by atoms with Gasteiger partial charge in [0.25, 0.3) is 10.0 Å². The van der Waals surface area contributed by atoms with Gasteiger partial charge in [0, 0.05) is 31.0 Å². The molecule has 1 heterocycles. The second-order valence-corrected chi connectivity index (χ2v) is 9.19. The lowest BCUT2D eigenvalue weighted by Crippen LogP contribution is -2.39. The zero-order chi connectivity index (χ0) is 15.5. The molecule has 1 aliphatic carbocycles. The molecule has 0 radical (unpaired) electrons. The van der Waals surface area contributed by atoms with Gasteiger partial charge in [0.15, 0.2) is 0 Å². The minimum atomic E-state index is -3.39. The first kappa shape index (κ1) is 16.9. The van der Waals surface area contributed by atoms with E-state index in [1.165, 1.54) is 17.8 Å². The molecular formula is C15H25NO3S2. The van der Waals surface area contributed by atoms with E-state index >= 15 is 0 Å². The fourth-order valence-electron chi connectivity index (χ4n) is 3.00. The lowest BCUT2D eigenvalue weighted by molar-refractivity contribution is 0.233. The number of aliphatic hydroxyl groups is 1. The van der Waals surface area contributed by atoms with Gasteiger partial charge in [-0.3, -0.25) is 0 Å². The molecule has 1 aliphatic rings. The van der Waals surface area contributed by atoms with E-state index in [1.54, 1.807) is 23.5 Å². The molecule has 4 nitrogen and oxygen atoms in total. The van der Waals surface area contributed by atoms with Crippen LogP contribution in [0.2, 0.25) is 0 Å². The summed E-state index contributed by atoms with van der Waals surface area (Å²) in [5, 5.41) is 8.94. The smallest absolute Gasteiger partial charge is 0.252 e. The van der Waals surface area contributed by atoms with Crippen molar-refractivity contribution in [2.45, 2.75) is 55.7 Å². The van der Waals surface area contributed by atoms with Crippen LogP contribution >= 0.6 is 11.3 Å². The maximum atomic E-state index is 12.7. The molecule has 1 saturated carbocycles. The van der Waals surface area contributed by atoms with E-state index in [0.717, 1.165) is 36.5 Å². The van der Waals surface area contributed by atoms with Gasteiger partial charge < -0.3 is 5.11 Å². The second kappa shape index (κ2) is 7.22. The first-order chi connectivity index (χ1) is 9.98. The van der Waals surface area contributed by atoms with Crippen molar-refractivity contribution in [3.63, 3.8) is 0 Å². The second-order valence-electron chi connectivity index (χ2n) is 5.80. The number of aliphatic hydroxyl groups excluding tert-OH is 1. The Morgan fingerprint density at radius 2 is 1.95 bits per heavy atom. The third-order valence-corrected chi connectivity index (χ3v) is 8.06. The average molecular weight is 332 g/mol. The number of thiophene rings is 1. The first-order valence-electron chi connectivity index (χ1n) is 7.66. The van der Waals surface area contributed by atoms with Gasteiger partial charge in [-0.1, -0.05) is 13.3 Å². The lowest BCUT2D eigenvalue weighted by Gasteiger charge is -2.33. The monoisotopic (exact) mass is 331 g/mol. The Morgan fingerprint density at radius 3 is 2.52 bits per heavy atom. The van der Waals surface area contributed by atoms with E-state index in [0.29, 0.717) is 10.6 Å². The Bertz CT molecular complexity index is 545. The molecule has 0 amide bonds. The van der Waals surface area contributed by atoms with Crippen LogP contribution in [0.25, 0.3) is 0 Å². The van der Waals surface area contributed by atoms with E-state index < -0.39 is 10.0 Å². The molecule has 2 rings (SSSR count). The van der Waals surface area contributed by atoms with Crippen molar-refractivity contribution in [1.82, 2.24) is 4.31 Å². The molecule has 6 heteroatoms. The van der Waals surface area contributed by atoms with Crippen LogP contribution in [-0.2, 0) is 16.4 Å². The third-order valence-electron chi connectivity index (χ3n) is 4.54. The highest BCUT2D eigenvalue weighted by Crippen LogP contribution is 2.33. The van der Waals surface area contributed by atoms with Crippen LogP contribution in [0.15, 0.2) is 16.3 Å². The van der Waals surface area contributed by atoms with E-state index in [2.05, 4.69) is 6.92 Å². The van der Waals surface area contributed by atoms with Gasteiger partial charge in [-0.15, -0.1) is 11.3 Å². The lowest BCUT2D eigenvalue weighted by atomic mass is 9.85. The summed E-state index contributed by atoms with van der Waals surface area (Å²) < 4.78 is 27.3. The summed E-state index contributed by atoms with van der Waals surface area (Å²) in [6.45, 7) is 2.26. The number of nitrogens with zero attached hydrogens (tertiary/aromatic N) is 1. The molecule has 0 spiro atoms. The van der Waals surface area contributed by atoms with Crippen LogP contribution in [0.4, 0.5) is 0 Å². The Hall–Kier alpha value is -0.430. The van der Waals surface area contributed by atoms with Gasteiger partial charge in [-0.05, 0) is 43.7 Å². The molecular weight excluding hydrogens is 306 g/mol. The number of hydrogen-bond donors (Lipinski definition) is 1. The SMILES string of the molecule is CCC1CCC(N(C)S(=O)(=O)c2ccc(CCO)s2)CC1. The molecule has 0 aliphatic heterocycles. The third kappa shape index (κ3) is 3.86. The normalized spacial score (nSPS) is 23.6. The van der Waals surface area contributed by atoms with Gasteiger partial charge in [0.2, 0.25) is 0 Å². The van der Waals surface area contributed by atoms with Crippen molar-refractivity contribution in [2.24, 2.45) is 5.92 Å². The summed E-state index contributed by atoms with van der Waals surface area (Å²) in [5.41, 5.74) is 0. The topological polar surface area (TPSA) is 57.6 Å².